The summed E-state index contributed by atoms with van der Waals surface area (Å²) in [7, 11) is 0. The fourth-order valence-corrected chi connectivity index (χ4v) is 0.992. The minimum absolute atomic E-state index is 0.0374. The highest BCUT2D eigenvalue weighted by Gasteiger charge is 2.33. The molecule has 6 heteroatoms. The van der Waals surface area contributed by atoms with Gasteiger partial charge in [0.25, 0.3) is 5.56 Å². The van der Waals surface area contributed by atoms with Crippen LogP contribution in [0.2, 0.25) is 0 Å². The summed E-state index contributed by atoms with van der Waals surface area (Å²) in [5.74, 6) is -1.72. The molecular weight excluding hydrogens is 188 g/mol. The first-order valence-corrected chi connectivity index (χ1v) is 3.80. The highest BCUT2D eigenvalue weighted by atomic mass is 16.4. The lowest BCUT2D eigenvalue weighted by molar-refractivity contribution is -0.143. The highest BCUT2D eigenvalue weighted by molar-refractivity contribution is 5.80. The van der Waals surface area contributed by atoms with E-state index >= 15 is 0 Å². The lowest BCUT2D eigenvalue weighted by atomic mass is 9.94. The number of aromatic hydroxyl groups is 1. The molecule has 0 aliphatic carbocycles. The van der Waals surface area contributed by atoms with Crippen molar-refractivity contribution in [3.8, 4) is 5.75 Å². The summed E-state index contributed by atoms with van der Waals surface area (Å²) in [6, 6.07) is 0.878. The van der Waals surface area contributed by atoms with Crippen LogP contribution < -0.4 is 11.3 Å². The Labute approximate surface area is 79.0 Å². The van der Waals surface area contributed by atoms with Gasteiger partial charge in [-0.2, -0.15) is 0 Å². The number of pyridine rings is 1. The molecule has 5 N–H and O–H groups in total. The molecule has 0 aliphatic rings. The van der Waals surface area contributed by atoms with E-state index in [2.05, 4.69) is 4.98 Å². The zero-order chi connectivity index (χ0) is 10.9. The van der Waals surface area contributed by atoms with Gasteiger partial charge in [-0.15, -0.1) is 0 Å². The van der Waals surface area contributed by atoms with Gasteiger partial charge in [-0.1, -0.05) is 0 Å². The molecule has 1 aromatic rings. The van der Waals surface area contributed by atoms with E-state index in [-0.39, 0.29) is 5.56 Å². The third-order valence-electron chi connectivity index (χ3n) is 1.91. The lowest BCUT2D eigenvalue weighted by Gasteiger charge is -2.19. The van der Waals surface area contributed by atoms with Crippen LogP contribution in [0, 0.1) is 0 Å². The standard InChI is InChI=1S/C8H10N2O4/c1-8(9,7(13)14)4-3-10-6(12)2-5(4)11/h2-3H,9H2,1H3,(H,13,14)(H2,10,11,12)/t8-/m1/s1. The van der Waals surface area contributed by atoms with E-state index in [1.165, 1.54) is 6.92 Å². The quantitative estimate of drug-likeness (QED) is 0.503. The minimum atomic E-state index is -1.73. The number of aromatic nitrogens is 1. The van der Waals surface area contributed by atoms with Gasteiger partial charge in [0.15, 0.2) is 0 Å². The maximum absolute atomic E-state index is 10.7. The predicted octanol–water partition coefficient (Wildman–Crippen LogP) is -0.661. The fraction of sp³-hybridized carbons (Fsp3) is 0.250. The highest BCUT2D eigenvalue weighted by Crippen LogP contribution is 2.24. The molecule has 0 unspecified atom stereocenters. The summed E-state index contributed by atoms with van der Waals surface area (Å²) in [5.41, 5.74) is 3.16. The van der Waals surface area contributed by atoms with Gasteiger partial charge < -0.3 is 20.9 Å². The molecule has 1 rings (SSSR count). The number of nitrogens with two attached hydrogens (primary N) is 1. The molecule has 0 bridgehead atoms. The van der Waals surface area contributed by atoms with Crippen molar-refractivity contribution in [2.24, 2.45) is 5.73 Å². The maximum atomic E-state index is 10.7. The smallest absolute Gasteiger partial charge is 0.328 e. The Morgan fingerprint density at radius 3 is 2.64 bits per heavy atom. The number of carbonyl (C=O) groups is 1. The van der Waals surface area contributed by atoms with Gasteiger partial charge in [0.2, 0.25) is 0 Å². The minimum Gasteiger partial charge on any atom is -0.507 e. The van der Waals surface area contributed by atoms with Crippen LogP contribution in [-0.2, 0) is 10.3 Å². The molecule has 0 saturated heterocycles. The number of hydrogen-bond acceptors (Lipinski definition) is 4. The van der Waals surface area contributed by atoms with Crippen LogP contribution in [0.5, 0.6) is 5.75 Å². The molecule has 0 amide bonds. The Morgan fingerprint density at radius 1 is 1.64 bits per heavy atom. The summed E-state index contributed by atoms with van der Waals surface area (Å²) in [6.45, 7) is 1.22. The SMILES string of the molecule is C[C@](N)(C(=O)O)c1c[nH]c(=O)cc1O. The average Bonchev–Trinajstić information content (AvgIpc) is 2.02. The molecule has 6 nitrogen and oxygen atoms in total. The van der Waals surface area contributed by atoms with E-state index in [0.29, 0.717) is 0 Å². The van der Waals surface area contributed by atoms with Crippen molar-refractivity contribution in [2.75, 3.05) is 0 Å². The van der Waals surface area contributed by atoms with Crippen LogP contribution >= 0.6 is 0 Å². The Hall–Kier alpha value is -1.82. The number of hydrogen-bond donors (Lipinski definition) is 4. The molecule has 0 aromatic carbocycles. The van der Waals surface area contributed by atoms with Crippen LogP contribution in [-0.4, -0.2) is 21.2 Å². The van der Waals surface area contributed by atoms with Crippen molar-refractivity contribution in [1.82, 2.24) is 4.98 Å². The van der Waals surface area contributed by atoms with Crippen molar-refractivity contribution in [2.45, 2.75) is 12.5 Å². The third-order valence-corrected chi connectivity index (χ3v) is 1.91. The van der Waals surface area contributed by atoms with Gasteiger partial charge in [0.05, 0.1) is 0 Å². The van der Waals surface area contributed by atoms with Gasteiger partial charge >= 0.3 is 5.97 Å². The van der Waals surface area contributed by atoms with E-state index in [0.717, 1.165) is 12.3 Å². The number of nitrogens with one attached hydrogen (secondary N) is 1. The molecule has 1 heterocycles. The average molecular weight is 198 g/mol. The van der Waals surface area contributed by atoms with Crippen molar-refractivity contribution in [3.63, 3.8) is 0 Å². The second-order valence-corrected chi connectivity index (χ2v) is 3.10. The molecule has 1 aromatic heterocycles. The first kappa shape index (κ1) is 10.3. The van der Waals surface area contributed by atoms with Crippen LogP contribution in [0.1, 0.15) is 12.5 Å². The Bertz CT molecular complexity index is 422. The Morgan fingerprint density at radius 2 is 2.21 bits per heavy atom. The number of aliphatic carboxylic acids is 1. The Kier molecular flexibility index (Phi) is 2.31. The molecule has 0 aliphatic heterocycles. The number of carboxylic acid groups (broad SMARTS) is 1. The van der Waals surface area contributed by atoms with Crippen LogP contribution in [0.4, 0.5) is 0 Å². The van der Waals surface area contributed by atoms with Crippen molar-refractivity contribution in [3.05, 3.63) is 28.2 Å². The van der Waals surface area contributed by atoms with Crippen LogP contribution in [0.15, 0.2) is 17.1 Å². The van der Waals surface area contributed by atoms with Gasteiger partial charge in [0, 0.05) is 17.8 Å². The van der Waals surface area contributed by atoms with Gasteiger partial charge in [-0.05, 0) is 6.92 Å². The monoisotopic (exact) mass is 198 g/mol. The number of rotatable bonds is 2. The predicted molar refractivity (Wildman–Crippen MR) is 47.9 cm³/mol. The van der Waals surface area contributed by atoms with E-state index < -0.39 is 22.8 Å². The fourth-order valence-electron chi connectivity index (χ4n) is 0.992. The normalized spacial score (nSPS) is 14.7. The summed E-state index contributed by atoms with van der Waals surface area (Å²) < 4.78 is 0. The summed E-state index contributed by atoms with van der Waals surface area (Å²) >= 11 is 0. The molecule has 0 saturated carbocycles. The Balaban J connectivity index is 3.33. The molecule has 14 heavy (non-hydrogen) atoms. The molecule has 0 spiro atoms. The molecule has 0 radical (unpaired) electrons. The maximum Gasteiger partial charge on any atom is 0.328 e. The second kappa shape index (κ2) is 3.15. The van der Waals surface area contributed by atoms with Crippen molar-refractivity contribution < 1.29 is 15.0 Å². The number of aromatic amines is 1. The summed E-state index contributed by atoms with van der Waals surface area (Å²) in [6.07, 6.45) is 1.09. The van der Waals surface area contributed by atoms with E-state index in [1.54, 1.807) is 0 Å². The van der Waals surface area contributed by atoms with Crippen molar-refractivity contribution >= 4 is 5.97 Å². The van der Waals surface area contributed by atoms with Gasteiger partial charge in [-0.3, -0.25) is 4.79 Å². The van der Waals surface area contributed by atoms with Crippen LogP contribution in [0.25, 0.3) is 0 Å². The van der Waals surface area contributed by atoms with Gasteiger partial charge in [-0.25, -0.2) is 4.79 Å². The van der Waals surface area contributed by atoms with Crippen LogP contribution in [0.3, 0.4) is 0 Å². The van der Waals surface area contributed by atoms with E-state index in [1.807, 2.05) is 0 Å². The zero-order valence-electron chi connectivity index (χ0n) is 7.44. The third kappa shape index (κ3) is 1.60. The zero-order valence-corrected chi connectivity index (χ0v) is 7.44. The molecule has 76 valence electrons. The summed E-state index contributed by atoms with van der Waals surface area (Å²) in [5, 5.41) is 18.1. The first-order valence-electron chi connectivity index (χ1n) is 3.80. The van der Waals surface area contributed by atoms with Gasteiger partial charge in [0.1, 0.15) is 11.3 Å². The number of carboxylic acids is 1. The number of H-pyrrole nitrogens is 1. The van der Waals surface area contributed by atoms with E-state index in [4.69, 9.17) is 10.8 Å². The lowest BCUT2D eigenvalue weighted by Crippen LogP contribution is -2.42. The topological polar surface area (TPSA) is 116 Å². The molecule has 1 atom stereocenters. The molecule has 0 fully saturated rings. The second-order valence-electron chi connectivity index (χ2n) is 3.10. The largest absolute Gasteiger partial charge is 0.507 e. The summed E-state index contributed by atoms with van der Waals surface area (Å²) in [4.78, 5) is 23.7. The van der Waals surface area contributed by atoms with Crippen molar-refractivity contribution in [1.29, 1.82) is 0 Å². The first-order chi connectivity index (χ1) is 6.35. The van der Waals surface area contributed by atoms with E-state index in [9.17, 15) is 14.7 Å². The molecular formula is C8H10N2O4.